The standard InChI is InChI=1S/C15H20ClN3O2/c1-10-5-4-6-11(2)18(10)17-12(3)13-7-8-14(16)15(9-13)19(20)21/h7-11H,4-6H2,1-3H3. The maximum absolute atomic E-state index is 11.0. The molecule has 0 bridgehead atoms. The topological polar surface area (TPSA) is 58.7 Å². The molecule has 1 saturated heterocycles. The molecule has 0 saturated carbocycles. The Bertz CT molecular complexity index is 564. The molecule has 2 unspecified atom stereocenters. The van der Waals surface area contributed by atoms with Crippen LogP contribution in [0.3, 0.4) is 0 Å². The van der Waals surface area contributed by atoms with Gasteiger partial charge in [-0.1, -0.05) is 17.7 Å². The fourth-order valence-corrected chi connectivity index (χ4v) is 2.90. The number of nitro benzene ring substituents is 1. The van der Waals surface area contributed by atoms with Crippen LogP contribution < -0.4 is 0 Å². The molecule has 1 fully saturated rings. The zero-order valence-electron chi connectivity index (χ0n) is 12.5. The highest BCUT2D eigenvalue weighted by Gasteiger charge is 2.23. The summed E-state index contributed by atoms with van der Waals surface area (Å²) in [6.45, 7) is 6.20. The van der Waals surface area contributed by atoms with Gasteiger partial charge in [0.05, 0.1) is 10.6 Å². The lowest BCUT2D eigenvalue weighted by atomic mass is 10.00. The second kappa shape index (κ2) is 6.43. The van der Waals surface area contributed by atoms with Crippen molar-refractivity contribution in [2.45, 2.75) is 52.1 Å². The van der Waals surface area contributed by atoms with Crippen LogP contribution in [0.4, 0.5) is 5.69 Å². The molecule has 2 atom stereocenters. The van der Waals surface area contributed by atoms with E-state index in [1.165, 1.54) is 12.5 Å². The molecule has 21 heavy (non-hydrogen) atoms. The molecule has 0 radical (unpaired) electrons. The maximum Gasteiger partial charge on any atom is 0.288 e. The Balaban J connectivity index is 2.30. The third-order valence-electron chi connectivity index (χ3n) is 3.97. The van der Waals surface area contributed by atoms with E-state index in [1.807, 2.05) is 6.92 Å². The molecule has 1 heterocycles. The smallest absolute Gasteiger partial charge is 0.288 e. The first-order valence-electron chi connectivity index (χ1n) is 7.18. The van der Waals surface area contributed by atoms with Crippen molar-refractivity contribution in [3.63, 3.8) is 0 Å². The Labute approximate surface area is 129 Å². The summed E-state index contributed by atoms with van der Waals surface area (Å²) >= 11 is 5.84. The average molecular weight is 310 g/mol. The second-order valence-electron chi connectivity index (χ2n) is 5.62. The number of nitro groups is 1. The van der Waals surface area contributed by atoms with Crippen molar-refractivity contribution < 1.29 is 4.92 Å². The van der Waals surface area contributed by atoms with Crippen LogP contribution in [0, 0.1) is 10.1 Å². The van der Waals surface area contributed by atoms with Gasteiger partial charge < -0.3 is 0 Å². The monoisotopic (exact) mass is 309 g/mol. The Morgan fingerprint density at radius 1 is 1.38 bits per heavy atom. The minimum atomic E-state index is -0.467. The Hall–Kier alpha value is -1.62. The minimum absolute atomic E-state index is 0.0801. The summed E-state index contributed by atoms with van der Waals surface area (Å²) in [6.07, 6.45) is 3.48. The van der Waals surface area contributed by atoms with Crippen LogP contribution in [0.15, 0.2) is 23.3 Å². The first kappa shape index (κ1) is 15.8. The number of hydrogen-bond donors (Lipinski definition) is 0. The van der Waals surface area contributed by atoms with Crippen LogP contribution in [0.1, 0.15) is 45.6 Å². The minimum Gasteiger partial charge on any atom is -0.291 e. The van der Waals surface area contributed by atoms with Gasteiger partial charge in [-0.3, -0.25) is 15.1 Å². The van der Waals surface area contributed by atoms with Gasteiger partial charge in [0.1, 0.15) is 5.02 Å². The summed E-state index contributed by atoms with van der Waals surface area (Å²) in [7, 11) is 0. The summed E-state index contributed by atoms with van der Waals surface area (Å²) in [5.41, 5.74) is 1.43. The molecule has 114 valence electrons. The predicted octanol–water partition coefficient (Wildman–Crippen LogP) is 4.24. The third kappa shape index (κ3) is 3.53. The molecular weight excluding hydrogens is 290 g/mol. The fourth-order valence-electron chi connectivity index (χ4n) is 2.71. The zero-order chi connectivity index (χ0) is 15.6. The molecule has 1 aromatic carbocycles. The zero-order valence-corrected chi connectivity index (χ0v) is 13.3. The molecule has 6 heteroatoms. The van der Waals surface area contributed by atoms with Gasteiger partial charge in [-0.25, -0.2) is 0 Å². The molecule has 0 amide bonds. The molecule has 0 aliphatic carbocycles. The van der Waals surface area contributed by atoms with Gasteiger partial charge in [0.2, 0.25) is 0 Å². The molecule has 1 aliphatic rings. The van der Waals surface area contributed by atoms with E-state index in [9.17, 15) is 10.1 Å². The largest absolute Gasteiger partial charge is 0.291 e. The van der Waals surface area contributed by atoms with Crippen LogP contribution in [-0.2, 0) is 0 Å². The highest BCUT2D eigenvalue weighted by Crippen LogP contribution is 2.27. The number of hydrogen-bond acceptors (Lipinski definition) is 4. The SMILES string of the molecule is CC(=NN1C(C)CCCC1C)c1ccc(Cl)c([N+](=O)[O-])c1. The predicted molar refractivity (Wildman–Crippen MR) is 84.9 cm³/mol. The van der Waals surface area contributed by atoms with E-state index in [1.54, 1.807) is 12.1 Å². The van der Waals surface area contributed by atoms with Gasteiger partial charge >= 0.3 is 0 Å². The van der Waals surface area contributed by atoms with Crippen molar-refractivity contribution in [3.05, 3.63) is 38.9 Å². The number of rotatable bonds is 3. The number of nitrogens with zero attached hydrogens (tertiary/aromatic N) is 3. The van der Waals surface area contributed by atoms with Gasteiger partial charge in [0.25, 0.3) is 5.69 Å². The van der Waals surface area contributed by atoms with Gasteiger partial charge in [0.15, 0.2) is 0 Å². The van der Waals surface area contributed by atoms with Crippen molar-refractivity contribution in [1.29, 1.82) is 0 Å². The van der Waals surface area contributed by atoms with Crippen LogP contribution >= 0.6 is 11.6 Å². The first-order chi connectivity index (χ1) is 9.90. The van der Waals surface area contributed by atoms with E-state index in [-0.39, 0.29) is 10.7 Å². The van der Waals surface area contributed by atoms with Crippen molar-refractivity contribution in [2.24, 2.45) is 5.10 Å². The van der Waals surface area contributed by atoms with E-state index in [0.717, 1.165) is 24.1 Å². The van der Waals surface area contributed by atoms with Crippen molar-refractivity contribution >= 4 is 23.0 Å². The van der Waals surface area contributed by atoms with Crippen molar-refractivity contribution in [3.8, 4) is 0 Å². The normalized spacial score (nSPS) is 23.2. The summed E-state index contributed by atoms with van der Waals surface area (Å²) in [6, 6.07) is 5.60. The molecule has 2 rings (SSSR count). The van der Waals surface area contributed by atoms with E-state index in [0.29, 0.717) is 12.1 Å². The fraction of sp³-hybridized carbons (Fsp3) is 0.533. The number of halogens is 1. The van der Waals surface area contributed by atoms with Crippen LogP contribution in [0.2, 0.25) is 5.02 Å². The summed E-state index contributed by atoms with van der Waals surface area (Å²) in [5, 5.41) is 17.9. The van der Waals surface area contributed by atoms with Crippen LogP contribution in [0.25, 0.3) is 0 Å². The molecule has 0 aromatic heterocycles. The van der Waals surface area contributed by atoms with E-state index in [4.69, 9.17) is 11.6 Å². The highest BCUT2D eigenvalue weighted by molar-refractivity contribution is 6.32. The summed E-state index contributed by atoms with van der Waals surface area (Å²) in [4.78, 5) is 10.5. The lowest BCUT2D eigenvalue weighted by molar-refractivity contribution is -0.384. The molecule has 1 aromatic rings. The number of hydrazone groups is 1. The van der Waals surface area contributed by atoms with Crippen molar-refractivity contribution in [1.82, 2.24) is 5.01 Å². The first-order valence-corrected chi connectivity index (χ1v) is 7.55. The van der Waals surface area contributed by atoms with Crippen LogP contribution in [-0.4, -0.2) is 27.7 Å². The lowest BCUT2D eigenvalue weighted by Gasteiger charge is -2.37. The summed E-state index contributed by atoms with van der Waals surface area (Å²) < 4.78 is 0. The molecule has 0 spiro atoms. The van der Waals surface area contributed by atoms with Gasteiger partial charge in [-0.15, -0.1) is 0 Å². The van der Waals surface area contributed by atoms with Crippen molar-refractivity contribution in [2.75, 3.05) is 0 Å². The Morgan fingerprint density at radius 3 is 2.57 bits per heavy atom. The maximum atomic E-state index is 11.0. The van der Waals surface area contributed by atoms with E-state index < -0.39 is 4.92 Å². The molecule has 5 nitrogen and oxygen atoms in total. The third-order valence-corrected chi connectivity index (χ3v) is 4.29. The van der Waals surface area contributed by atoms with Gasteiger partial charge in [-0.2, -0.15) is 5.10 Å². The Kier molecular flexibility index (Phi) is 4.83. The number of piperidine rings is 1. The van der Waals surface area contributed by atoms with Gasteiger partial charge in [-0.05, 0) is 46.1 Å². The van der Waals surface area contributed by atoms with E-state index >= 15 is 0 Å². The van der Waals surface area contributed by atoms with Gasteiger partial charge in [0, 0.05) is 23.7 Å². The molecule has 0 N–H and O–H groups in total. The quantitative estimate of drug-likeness (QED) is 0.477. The average Bonchev–Trinajstić information content (AvgIpc) is 2.43. The van der Waals surface area contributed by atoms with E-state index in [2.05, 4.69) is 24.0 Å². The number of benzene rings is 1. The lowest BCUT2D eigenvalue weighted by Crippen LogP contribution is -2.40. The molecule has 1 aliphatic heterocycles. The second-order valence-corrected chi connectivity index (χ2v) is 6.02. The summed E-state index contributed by atoms with van der Waals surface area (Å²) in [5.74, 6) is 0. The molecular formula is C15H20ClN3O2. The highest BCUT2D eigenvalue weighted by atomic mass is 35.5. The van der Waals surface area contributed by atoms with Crippen LogP contribution in [0.5, 0.6) is 0 Å². The Morgan fingerprint density at radius 2 is 2.00 bits per heavy atom.